The second-order valence-electron chi connectivity index (χ2n) is 15.1. The molecule has 0 bridgehead atoms. The first-order valence-electron chi connectivity index (χ1n) is 19.7. The number of nitrogens with zero attached hydrogens (tertiary/aromatic N) is 3. The lowest BCUT2D eigenvalue weighted by Crippen LogP contribution is -2.44. The highest BCUT2D eigenvalue weighted by atomic mass is 15.2. The standard InChI is InChI=1S/C54H36N3/c1-3-17-36(18-4-1)55-51-29-15-16-30-52(51)56(37-19-5-2-6-20-37)54-35-48-46-33-38(57-49-27-13-11-25-44(49)45-26-12-14-28-50(45)57)31-32-43(46)41-23-8-7-21-39(41)40-22-9-10-24-42(40)47(48)34-53(54)55/h1-35,52H/q+1. The smallest absolute Gasteiger partial charge is 0.235 e. The van der Waals surface area contributed by atoms with E-state index >= 15 is 0 Å². The van der Waals surface area contributed by atoms with E-state index in [1.807, 2.05) is 0 Å². The molecule has 57 heavy (non-hydrogen) atoms. The average Bonchev–Trinajstić information content (AvgIpc) is 3.62. The number of hydrogen-bond donors (Lipinski definition) is 0. The molecule has 3 aliphatic rings. The molecule has 0 amide bonds. The summed E-state index contributed by atoms with van der Waals surface area (Å²) in [6.45, 7) is 0. The van der Waals surface area contributed by atoms with E-state index in [0.717, 1.165) is 28.4 Å². The molecule has 0 N–H and O–H groups in total. The van der Waals surface area contributed by atoms with E-state index in [1.54, 1.807) is 0 Å². The molecule has 0 saturated carbocycles. The molecular weight excluding hydrogens is 691 g/mol. The summed E-state index contributed by atoms with van der Waals surface area (Å²) in [5.74, 6) is 0. The Labute approximate surface area is 328 Å². The molecule has 12 rings (SSSR count). The Morgan fingerprint density at radius 2 is 0.930 bits per heavy atom. The Morgan fingerprint density at radius 3 is 1.60 bits per heavy atom. The Hall–Kier alpha value is -7.49. The lowest BCUT2D eigenvalue weighted by atomic mass is 9.95. The number of para-hydroxylation sites is 4. The van der Waals surface area contributed by atoms with E-state index in [0.29, 0.717) is 0 Å². The molecule has 3 nitrogen and oxygen atoms in total. The fourth-order valence-corrected chi connectivity index (χ4v) is 9.62. The number of allylic oxidation sites excluding steroid dienone is 2. The highest BCUT2D eigenvalue weighted by molar-refractivity contribution is 6.12. The first kappa shape index (κ1) is 31.8. The van der Waals surface area contributed by atoms with Gasteiger partial charge in [0.1, 0.15) is 11.7 Å². The van der Waals surface area contributed by atoms with Crippen LogP contribution in [0.4, 0.5) is 22.7 Å². The summed E-state index contributed by atoms with van der Waals surface area (Å²) < 4.78 is 4.92. The zero-order valence-corrected chi connectivity index (χ0v) is 31.1. The predicted octanol–water partition coefficient (Wildman–Crippen LogP) is 12.2. The van der Waals surface area contributed by atoms with Crippen molar-refractivity contribution in [3.63, 3.8) is 0 Å². The van der Waals surface area contributed by atoms with Gasteiger partial charge in [0.15, 0.2) is 0 Å². The van der Waals surface area contributed by atoms with Gasteiger partial charge < -0.3 is 9.47 Å². The molecule has 0 saturated heterocycles. The van der Waals surface area contributed by atoms with Crippen molar-refractivity contribution >= 4 is 50.3 Å². The van der Waals surface area contributed by atoms with E-state index in [9.17, 15) is 0 Å². The summed E-state index contributed by atoms with van der Waals surface area (Å²) >= 11 is 0. The largest absolute Gasteiger partial charge is 0.319 e. The second-order valence-corrected chi connectivity index (χ2v) is 15.1. The van der Waals surface area contributed by atoms with Gasteiger partial charge in [0.05, 0.1) is 11.0 Å². The number of fused-ring (bicyclic) bond motifs is 9. The van der Waals surface area contributed by atoms with E-state index in [4.69, 9.17) is 0 Å². The van der Waals surface area contributed by atoms with Gasteiger partial charge in [-0.15, -0.1) is 0 Å². The third-order valence-corrected chi connectivity index (χ3v) is 12.0. The van der Waals surface area contributed by atoms with Gasteiger partial charge in [0, 0.05) is 46.4 Å². The van der Waals surface area contributed by atoms with Crippen LogP contribution in [0.15, 0.2) is 212 Å². The molecular formula is C54H36N3+. The van der Waals surface area contributed by atoms with Crippen LogP contribution in [-0.2, 0) is 0 Å². The summed E-state index contributed by atoms with van der Waals surface area (Å²) in [5.41, 5.74) is 9.39. The predicted molar refractivity (Wildman–Crippen MR) is 234 cm³/mol. The van der Waals surface area contributed by atoms with Gasteiger partial charge in [-0.1, -0.05) is 146 Å². The molecule has 1 unspecified atom stereocenters. The quantitative estimate of drug-likeness (QED) is 0.165. The maximum atomic E-state index is 2.53. The fourth-order valence-electron chi connectivity index (χ4n) is 9.62. The molecule has 1 atom stereocenters. The minimum Gasteiger partial charge on any atom is -0.319 e. The Morgan fingerprint density at radius 1 is 0.404 bits per heavy atom. The van der Waals surface area contributed by atoms with Crippen LogP contribution in [0.3, 0.4) is 0 Å². The van der Waals surface area contributed by atoms with Gasteiger partial charge in [-0.05, 0) is 84.2 Å². The summed E-state index contributed by atoms with van der Waals surface area (Å²) in [6.07, 6.45) is 8.97. The van der Waals surface area contributed by atoms with E-state index in [1.165, 1.54) is 69.3 Å². The Kier molecular flexibility index (Phi) is 6.99. The number of anilines is 2. The van der Waals surface area contributed by atoms with Gasteiger partial charge in [-0.25, -0.2) is 0 Å². The normalized spacial score (nSPS) is 14.9. The zero-order chi connectivity index (χ0) is 37.5. The molecule has 266 valence electrons. The molecule has 3 heteroatoms. The first-order chi connectivity index (χ1) is 28.3. The van der Waals surface area contributed by atoms with Crippen LogP contribution >= 0.6 is 0 Å². The minimum atomic E-state index is -0.00636. The van der Waals surface area contributed by atoms with Gasteiger partial charge >= 0.3 is 0 Å². The molecule has 2 heterocycles. The van der Waals surface area contributed by atoms with Crippen LogP contribution in [0.2, 0.25) is 0 Å². The van der Waals surface area contributed by atoms with Crippen molar-refractivity contribution in [2.45, 2.75) is 6.04 Å². The van der Waals surface area contributed by atoms with Crippen LogP contribution < -0.4 is 9.48 Å². The third-order valence-electron chi connectivity index (χ3n) is 12.0. The number of benzene rings is 8. The van der Waals surface area contributed by atoms with E-state index < -0.39 is 0 Å². The van der Waals surface area contributed by atoms with Crippen LogP contribution in [-0.4, -0.2) is 16.3 Å². The molecule has 8 aromatic carbocycles. The summed E-state index contributed by atoms with van der Waals surface area (Å²) in [4.78, 5) is 2.53. The van der Waals surface area contributed by atoms with Crippen molar-refractivity contribution in [1.82, 2.24) is 9.14 Å². The molecule has 0 radical (unpaired) electrons. The van der Waals surface area contributed by atoms with Crippen LogP contribution in [0.25, 0.3) is 27.5 Å². The van der Waals surface area contributed by atoms with Crippen molar-refractivity contribution in [2.75, 3.05) is 4.90 Å². The SMILES string of the molecule is C1=CC2=[N+](c3ccccc3)c3cc4c(cc3N(c3ccccc3)C2C=C1)=c1cc(-n2c3ccccc3c3ccccc32)ccc1=c1ccccc1=c1ccccc1=4. The van der Waals surface area contributed by atoms with Gasteiger partial charge in [-0.3, -0.25) is 0 Å². The molecule has 0 fully saturated rings. The topological polar surface area (TPSA) is 11.2 Å². The Bertz CT molecular complexity index is 3590. The fraction of sp³-hybridized carbons (Fsp3) is 0.0185. The van der Waals surface area contributed by atoms with Gasteiger partial charge in [-0.2, -0.15) is 4.58 Å². The Balaban J connectivity index is 1.34. The number of hydrogen-bond acceptors (Lipinski definition) is 1. The summed E-state index contributed by atoms with van der Waals surface area (Å²) in [6, 6.07) is 69.2. The average molecular weight is 727 g/mol. The second kappa shape index (κ2) is 12.5. The van der Waals surface area contributed by atoms with Crippen molar-refractivity contribution in [3.05, 3.63) is 254 Å². The molecule has 0 spiro atoms. The monoisotopic (exact) mass is 726 g/mol. The molecule has 2 aliphatic carbocycles. The maximum Gasteiger partial charge on any atom is 0.235 e. The van der Waals surface area contributed by atoms with Crippen molar-refractivity contribution in [1.29, 1.82) is 0 Å². The first-order valence-corrected chi connectivity index (χ1v) is 19.7. The molecule has 1 aromatic heterocycles. The minimum absolute atomic E-state index is 0.00636. The molecule has 9 aromatic rings. The van der Waals surface area contributed by atoms with E-state index in [2.05, 4.69) is 226 Å². The molecule has 1 aliphatic heterocycles. The van der Waals surface area contributed by atoms with Crippen LogP contribution in [0, 0.1) is 41.7 Å². The highest BCUT2D eigenvalue weighted by Gasteiger charge is 2.40. The highest BCUT2D eigenvalue weighted by Crippen LogP contribution is 2.43. The summed E-state index contributed by atoms with van der Waals surface area (Å²) in [7, 11) is 0. The third kappa shape index (κ3) is 4.76. The zero-order valence-electron chi connectivity index (χ0n) is 31.1. The number of rotatable bonds is 3. The van der Waals surface area contributed by atoms with Gasteiger partial charge in [0.2, 0.25) is 17.1 Å². The summed E-state index contributed by atoms with van der Waals surface area (Å²) in [5, 5.41) is 12.3. The lowest BCUT2D eigenvalue weighted by Gasteiger charge is -2.35. The van der Waals surface area contributed by atoms with Crippen LogP contribution in [0.1, 0.15) is 0 Å². The maximum absolute atomic E-state index is 2.53. The van der Waals surface area contributed by atoms with Gasteiger partial charge in [0.25, 0.3) is 0 Å². The van der Waals surface area contributed by atoms with Crippen LogP contribution in [0.5, 0.6) is 0 Å². The lowest BCUT2D eigenvalue weighted by molar-refractivity contribution is 0.894. The number of aromatic nitrogens is 1. The van der Waals surface area contributed by atoms with Crippen molar-refractivity contribution in [3.8, 4) is 5.69 Å². The van der Waals surface area contributed by atoms with Crippen molar-refractivity contribution in [2.24, 2.45) is 0 Å². The van der Waals surface area contributed by atoms with E-state index in [-0.39, 0.29) is 6.04 Å². The van der Waals surface area contributed by atoms with Crippen molar-refractivity contribution < 1.29 is 0 Å².